The highest BCUT2D eigenvalue weighted by Gasteiger charge is 2.25. The summed E-state index contributed by atoms with van der Waals surface area (Å²) in [6.45, 7) is 4.43. The van der Waals surface area contributed by atoms with Crippen molar-refractivity contribution in [2.75, 3.05) is 24.4 Å². The molecule has 0 amide bonds. The average Bonchev–Trinajstić information content (AvgIpc) is 2.25. The van der Waals surface area contributed by atoms with E-state index in [0.717, 1.165) is 11.4 Å². The number of ether oxygens (including phenoxy) is 1. The van der Waals surface area contributed by atoms with E-state index in [1.807, 2.05) is 12.1 Å². The quantitative estimate of drug-likeness (QED) is 0.763. The van der Waals surface area contributed by atoms with Crippen LogP contribution in [0, 0.1) is 0 Å². The fourth-order valence-electron chi connectivity index (χ4n) is 1.99. The molecule has 0 fully saturated rings. The zero-order chi connectivity index (χ0) is 11.0. The molecule has 15 heavy (non-hydrogen) atoms. The van der Waals surface area contributed by atoms with Gasteiger partial charge in [0.1, 0.15) is 5.75 Å². The molecule has 3 nitrogen and oxygen atoms in total. The van der Waals surface area contributed by atoms with Crippen molar-refractivity contribution >= 4 is 11.4 Å². The van der Waals surface area contributed by atoms with Crippen LogP contribution in [-0.4, -0.2) is 26.2 Å². The highest BCUT2D eigenvalue weighted by atomic mass is 16.5. The number of fused-ring (bicyclic) bond motifs is 1. The summed E-state index contributed by atoms with van der Waals surface area (Å²) in [7, 11) is 3.83. The number of hydrogen-bond donors (Lipinski definition) is 1. The van der Waals surface area contributed by atoms with Crippen molar-refractivity contribution in [2.24, 2.45) is 0 Å². The van der Waals surface area contributed by atoms with Gasteiger partial charge < -0.3 is 15.0 Å². The first-order chi connectivity index (χ1) is 7.13. The Balaban J connectivity index is 2.41. The minimum absolute atomic E-state index is 0.453. The zero-order valence-corrected chi connectivity index (χ0v) is 9.74. The van der Waals surface area contributed by atoms with E-state index in [9.17, 15) is 0 Å². The third-order valence-corrected chi connectivity index (χ3v) is 3.30. The van der Waals surface area contributed by atoms with E-state index in [2.05, 4.69) is 37.2 Å². The van der Waals surface area contributed by atoms with Crippen LogP contribution >= 0.6 is 0 Å². The molecule has 0 aliphatic carbocycles. The van der Waals surface area contributed by atoms with Crippen LogP contribution in [0.4, 0.5) is 11.4 Å². The highest BCUT2D eigenvalue weighted by molar-refractivity contribution is 5.74. The van der Waals surface area contributed by atoms with Crippen molar-refractivity contribution in [3.8, 4) is 5.75 Å². The lowest BCUT2D eigenvalue weighted by molar-refractivity contribution is 0.414. The maximum Gasteiger partial charge on any atom is 0.121 e. The Kier molecular flexibility index (Phi) is 2.47. The number of benzene rings is 1. The first-order valence-electron chi connectivity index (χ1n) is 5.31. The van der Waals surface area contributed by atoms with E-state index in [1.165, 1.54) is 5.69 Å². The van der Waals surface area contributed by atoms with E-state index in [0.29, 0.717) is 12.1 Å². The van der Waals surface area contributed by atoms with Gasteiger partial charge in [-0.15, -0.1) is 0 Å². The van der Waals surface area contributed by atoms with Crippen LogP contribution in [0.2, 0.25) is 0 Å². The molecule has 1 heterocycles. The summed E-state index contributed by atoms with van der Waals surface area (Å²) >= 11 is 0. The van der Waals surface area contributed by atoms with E-state index >= 15 is 0 Å². The molecule has 82 valence electrons. The second-order valence-electron chi connectivity index (χ2n) is 4.17. The minimum Gasteiger partial charge on any atom is -0.497 e. The molecule has 0 spiro atoms. The molecule has 2 atom stereocenters. The fourth-order valence-corrected chi connectivity index (χ4v) is 1.99. The van der Waals surface area contributed by atoms with Gasteiger partial charge >= 0.3 is 0 Å². The van der Waals surface area contributed by atoms with Gasteiger partial charge in [0.25, 0.3) is 0 Å². The largest absolute Gasteiger partial charge is 0.497 e. The monoisotopic (exact) mass is 206 g/mol. The predicted molar refractivity (Wildman–Crippen MR) is 63.9 cm³/mol. The summed E-state index contributed by atoms with van der Waals surface area (Å²) < 4.78 is 5.22. The first-order valence-corrected chi connectivity index (χ1v) is 5.31. The van der Waals surface area contributed by atoms with Gasteiger partial charge in [0, 0.05) is 25.2 Å². The normalized spacial score (nSPS) is 24.4. The molecule has 0 bridgehead atoms. The summed E-state index contributed by atoms with van der Waals surface area (Å²) in [6, 6.07) is 7.11. The Bertz CT molecular complexity index is 365. The van der Waals surface area contributed by atoms with E-state index in [1.54, 1.807) is 7.11 Å². The van der Waals surface area contributed by atoms with Crippen LogP contribution in [-0.2, 0) is 0 Å². The third-order valence-electron chi connectivity index (χ3n) is 3.30. The molecule has 1 aromatic rings. The topological polar surface area (TPSA) is 24.5 Å². The van der Waals surface area contributed by atoms with Gasteiger partial charge in [-0.1, -0.05) is 0 Å². The van der Waals surface area contributed by atoms with Gasteiger partial charge in [0.05, 0.1) is 18.5 Å². The fraction of sp³-hybridized carbons (Fsp3) is 0.500. The molecule has 1 aliphatic rings. The van der Waals surface area contributed by atoms with Gasteiger partial charge in [0.2, 0.25) is 0 Å². The van der Waals surface area contributed by atoms with Crippen LogP contribution in [0.25, 0.3) is 0 Å². The predicted octanol–water partition coefficient (Wildman–Crippen LogP) is 2.33. The molecule has 0 saturated heterocycles. The van der Waals surface area contributed by atoms with Crippen molar-refractivity contribution in [2.45, 2.75) is 25.9 Å². The van der Waals surface area contributed by atoms with E-state index in [4.69, 9.17) is 4.74 Å². The molecular weight excluding hydrogens is 188 g/mol. The number of methoxy groups -OCH3 is 1. The number of hydrogen-bond acceptors (Lipinski definition) is 3. The standard InChI is InChI=1S/C12H18N2O/c1-8-9(2)14(3)12-6-5-10(15-4)7-11(12)13-8/h5-9,13H,1-4H3. The van der Waals surface area contributed by atoms with Crippen molar-refractivity contribution < 1.29 is 4.74 Å². The number of nitrogens with one attached hydrogen (secondary N) is 1. The number of rotatable bonds is 1. The maximum atomic E-state index is 5.22. The van der Waals surface area contributed by atoms with Gasteiger partial charge in [-0.3, -0.25) is 0 Å². The molecule has 3 heteroatoms. The minimum atomic E-state index is 0.453. The molecule has 2 rings (SSSR count). The lowest BCUT2D eigenvalue weighted by Crippen LogP contribution is -2.45. The van der Waals surface area contributed by atoms with Crippen molar-refractivity contribution in [1.29, 1.82) is 0 Å². The molecular formula is C12H18N2O. The van der Waals surface area contributed by atoms with Crippen LogP contribution in [0.3, 0.4) is 0 Å². The summed E-state index contributed by atoms with van der Waals surface area (Å²) in [6.07, 6.45) is 0. The number of anilines is 2. The Labute approximate surface area is 91.0 Å². The SMILES string of the molecule is COc1ccc2c(c1)NC(C)C(C)N2C. The second kappa shape index (κ2) is 3.65. The van der Waals surface area contributed by atoms with Crippen LogP contribution in [0.15, 0.2) is 18.2 Å². The van der Waals surface area contributed by atoms with Crippen molar-refractivity contribution in [3.05, 3.63) is 18.2 Å². The summed E-state index contributed by atoms with van der Waals surface area (Å²) in [5.74, 6) is 0.899. The van der Waals surface area contributed by atoms with Gasteiger partial charge in [0.15, 0.2) is 0 Å². The summed E-state index contributed by atoms with van der Waals surface area (Å²) in [5.41, 5.74) is 2.39. The third kappa shape index (κ3) is 1.62. The van der Waals surface area contributed by atoms with Crippen LogP contribution < -0.4 is 15.0 Å². The molecule has 0 radical (unpaired) electrons. The number of nitrogens with zero attached hydrogens (tertiary/aromatic N) is 1. The summed E-state index contributed by atoms with van der Waals surface area (Å²) in [4.78, 5) is 2.30. The second-order valence-corrected chi connectivity index (χ2v) is 4.17. The van der Waals surface area contributed by atoms with Crippen LogP contribution in [0.5, 0.6) is 5.75 Å². The maximum absolute atomic E-state index is 5.22. The van der Waals surface area contributed by atoms with Crippen LogP contribution in [0.1, 0.15) is 13.8 Å². The molecule has 1 N–H and O–H groups in total. The van der Waals surface area contributed by atoms with E-state index < -0.39 is 0 Å². The van der Waals surface area contributed by atoms with Gasteiger partial charge in [-0.05, 0) is 26.0 Å². The lowest BCUT2D eigenvalue weighted by Gasteiger charge is -2.39. The number of likely N-dealkylation sites (N-methyl/N-ethyl adjacent to an activating group) is 1. The lowest BCUT2D eigenvalue weighted by atomic mass is 10.0. The zero-order valence-electron chi connectivity index (χ0n) is 9.74. The molecule has 1 aromatic carbocycles. The summed E-state index contributed by atoms with van der Waals surface area (Å²) in [5, 5.41) is 3.49. The van der Waals surface area contributed by atoms with Crippen molar-refractivity contribution in [3.63, 3.8) is 0 Å². The molecule has 1 aliphatic heterocycles. The Hall–Kier alpha value is -1.38. The van der Waals surface area contributed by atoms with Gasteiger partial charge in [-0.2, -0.15) is 0 Å². The average molecular weight is 206 g/mol. The smallest absolute Gasteiger partial charge is 0.121 e. The molecule has 0 aromatic heterocycles. The Morgan fingerprint density at radius 1 is 1.33 bits per heavy atom. The first kappa shape index (κ1) is 10.1. The Morgan fingerprint density at radius 3 is 2.73 bits per heavy atom. The van der Waals surface area contributed by atoms with Crippen molar-refractivity contribution in [1.82, 2.24) is 0 Å². The van der Waals surface area contributed by atoms with E-state index in [-0.39, 0.29) is 0 Å². The highest BCUT2D eigenvalue weighted by Crippen LogP contribution is 2.35. The molecule has 0 saturated carbocycles. The molecule has 2 unspecified atom stereocenters. The van der Waals surface area contributed by atoms with Gasteiger partial charge in [-0.25, -0.2) is 0 Å². The Morgan fingerprint density at radius 2 is 2.07 bits per heavy atom.